The van der Waals surface area contributed by atoms with Gasteiger partial charge in [-0.25, -0.2) is 0 Å². The molecule has 3 rings (SSSR count). The van der Waals surface area contributed by atoms with E-state index in [9.17, 15) is 0 Å². The van der Waals surface area contributed by atoms with Crippen molar-refractivity contribution in [2.45, 2.75) is 26.2 Å². The number of ether oxygens (including phenoxy) is 5. The van der Waals surface area contributed by atoms with Crippen molar-refractivity contribution in [3.05, 3.63) is 53.3 Å². The van der Waals surface area contributed by atoms with Crippen molar-refractivity contribution in [2.24, 2.45) is 0 Å². The molecule has 0 N–H and O–H groups in total. The van der Waals surface area contributed by atoms with Crippen LogP contribution in [0.2, 0.25) is 0 Å². The number of benzene rings is 2. The predicted octanol–water partition coefficient (Wildman–Crippen LogP) is 4.89. The Hall–Kier alpha value is -2.82. The van der Waals surface area contributed by atoms with Gasteiger partial charge in [-0.3, -0.25) is 0 Å². The molecule has 1 aliphatic heterocycles. The second-order valence-corrected chi connectivity index (χ2v) is 6.22. The Morgan fingerprint density at radius 3 is 2.44 bits per heavy atom. The average Bonchev–Trinajstić information content (AvgIpc) is 2.71. The number of fused-ring (bicyclic) bond motifs is 2. The Balaban J connectivity index is 2.05. The van der Waals surface area contributed by atoms with Crippen LogP contribution in [0.5, 0.6) is 28.7 Å². The SMILES string of the molecule is CC=COCCCc1c2c(c(OC)c(OC)c1OC)Cc1ccccc1O2. The largest absolute Gasteiger partial charge is 0.502 e. The Labute approximate surface area is 160 Å². The van der Waals surface area contributed by atoms with Crippen molar-refractivity contribution < 1.29 is 23.7 Å². The number of para-hydroxylation sites is 1. The lowest BCUT2D eigenvalue weighted by atomic mass is 9.94. The molecule has 1 heterocycles. The first-order chi connectivity index (χ1) is 13.2. The van der Waals surface area contributed by atoms with Crippen LogP contribution >= 0.6 is 0 Å². The van der Waals surface area contributed by atoms with Crippen LogP contribution in [0.3, 0.4) is 0 Å². The fraction of sp³-hybridized carbons (Fsp3) is 0.364. The van der Waals surface area contributed by atoms with Gasteiger partial charge in [0.15, 0.2) is 11.5 Å². The molecule has 0 aliphatic carbocycles. The third kappa shape index (κ3) is 3.68. The Morgan fingerprint density at radius 1 is 1.00 bits per heavy atom. The highest BCUT2D eigenvalue weighted by Gasteiger charge is 2.31. The van der Waals surface area contributed by atoms with E-state index in [4.69, 9.17) is 23.7 Å². The first-order valence-electron chi connectivity index (χ1n) is 9.07. The fourth-order valence-electron chi connectivity index (χ4n) is 3.44. The van der Waals surface area contributed by atoms with Gasteiger partial charge in [-0.05, 0) is 31.4 Å². The van der Waals surface area contributed by atoms with Gasteiger partial charge in [-0.1, -0.05) is 24.3 Å². The molecule has 0 spiro atoms. The van der Waals surface area contributed by atoms with E-state index in [1.807, 2.05) is 31.2 Å². The van der Waals surface area contributed by atoms with Crippen molar-refractivity contribution in [1.29, 1.82) is 0 Å². The fourth-order valence-corrected chi connectivity index (χ4v) is 3.44. The first kappa shape index (κ1) is 19.0. The van der Waals surface area contributed by atoms with E-state index in [0.29, 0.717) is 23.9 Å². The van der Waals surface area contributed by atoms with Gasteiger partial charge in [0.25, 0.3) is 0 Å². The highest BCUT2D eigenvalue weighted by molar-refractivity contribution is 5.70. The molecule has 0 unspecified atom stereocenters. The van der Waals surface area contributed by atoms with Crippen LogP contribution in [-0.4, -0.2) is 27.9 Å². The van der Waals surface area contributed by atoms with Crippen LogP contribution < -0.4 is 18.9 Å². The van der Waals surface area contributed by atoms with E-state index < -0.39 is 0 Å². The van der Waals surface area contributed by atoms with Crippen molar-refractivity contribution in [1.82, 2.24) is 0 Å². The van der Waals surface area contributed by atoms with Gasteiger partial charge >= 0.3 is 0 Å². The Kier molecular flexibility index (Phi) is 6.12. The van der Waals surface area contributed by atoms with Crippen molar-refractivity contribution in [3.8, 4) is 28.7 Å². The number of allylic oxidation sites excluding steroid dienone is 1. The summed E-state index contributed by atoms with van der Waals surface area (Å²) in [6.45, 7) is 2.55. The number of hydrogen-bond acceptors (Lipinski definition) is 5. The molecule has 0 aromatic heterocycles. The summed E-state index contributed by atoms with van der Waals surface area (Å²) in [5, 5.41) is 0. The monoisotopic (exact) mass is 370 g/mol. The predicted molar refractivity (Wildman–Crippen MR) is 105 cm³/mol. The number of rotatable bonds is 8. The summed E-state index contributed by atoms with van der Waals surface area (Å²) >= 11 is 0. The summed E-state index contributed by atoms with van der Waals surface area (Å²) in [5.41, 5.74) is 3.08. The van der Waals surface area contributed by atoms with Gasteiger partial charge < -0.3 is 23.7 Å². The Morgan fingerprint density at radius 2 is 1.74 bits per heavy atom. The zero-order valence-corrected chi connectivity index (χ0v) is 16.3. The molecule has 5 heteroatoms. The van der Waals surface area contributed by atoms with E-state index in [2.05, 4.69) is 6.07 Å². The molecule has 0 atom stereocenters. The molecule has 0 saturated heterocycles. The molecule has 2 aromatic rings. The van der Waals surface area contributed by atoms with E-state index in [0.717, 1.165) is 47.5 Å². The van der Waals surface area contributed by atoms with Gasteiger partial charge in [0, 0.05) is 17.5 Å². The van der Waals surface area contributed by atoms with Crippen LogP contribution in [0.1, 0.15) is 30.0 Å². The third-order valence-corrected chi connectivity index (χ3v) is 4.59. The maximum atomic E-state index is 6.30. The molecule has 1 aliphatic rings. The second kappa shape index (κ2) is 8.71. The number of hydrogen-bond donors (Lipinski definition) is 0. The molecule has 0 amide bonds. The molecule has 0 radical (unpaired) electrons. The highest BCUT2D eigenvalue weighted by atomic mass is 16.5. The molecule has 27 heavy (non-hydrogen) atoms. The van der Waals surface area contributed by atoms with Crippen molar-refractivity contribution in [2.75, 3.05) is 27.9 Å². The minimum atomic E-state index is 0.603. The van der Waals surface area contributed by atoms with Crippen LogP contribution in [0, 0.1) is 0 Å². The first-order valence-corrected chi connectivity index (χ1v) is 9.07. The van der Waals surface area contributed by atoms with Crippen molar-refractivity contribution in [3.63, 3.8) is 0 Å². The highest BCUT2D eigenvalue weighted by Crippen LogP contribution is 2.53. The van der Waals surface area contributed by atoms with Gasteiger partial charge in [-0.2, -0.15) is 0 Å². The molecule has 0 saturated carbocycles. The molecule has 144 valence electrons. The smallest absolute Gasteiger partial charge is 0.204 e. The lowest BCUT2D eigenvalue weighted by molar-refractivity contribution is 0.243. The lowest BCUT2D eigenvalue weighted by Crippen LogP contribution is -2.11. The van der Waals surface area contributed by atoms with Crippen molar-refractivity contribution >= 4 is 0 Å². The van der Waals surface area contributed by atoms with E-state index >= 15 is 0 Å². The minimum absolute atomic E-state index is 0.603. The topological polar surface area (TPSA) is 46.2 Å². The van der Waals surface area contributed by atoms with Gasteiger partial charge in [0.05, 0.1) is 34.2 Å². The molecular weight excluding hydrogens is 344 g/mol. The second-order valence-electron chi connectivity index (χ2n) is 6.22. The minimum Gasteiger partial charge on any atom is -0.502 e. The quantitative estimate of drug-likeness (QED) is 0.417. The van der Waals surface area contributed by atoms with E-state index in [1.165, 1.54) is 0 Å². The summed E-state index contributed by atoms with van der Waals surface area (Å²) in [5.74, 6) is 3.58. The van der Waals surface area contributed by atoms with Gasteiger partial charge in [-0.15, -0.1) is 0 Å². The Bertz CT molecular complexity index is 826. The zero-order chi connectivity index (χ0) is 19.2. The number of methoxy groups -OCH3 is 3. The summed E-state index contributed by atoms with van der Waals surface area (Å²) in [6.07, 6.45) is 5.86. The summed E-state index contributed by atoms with van der Waals surface area (Å²) in [7, 11) is 4.91. The maximum Gasteiger partial charge on any atom is 0.204 e. The van der Waals surface area contributed by atoms with Crippen LogP contribution in [0.25, 0.3) is 0 Å². The molecule has 2 aromatic carbocycles. The molecule has 5 nitrogen and oxygen atoms in total. The van der Waals surface area contributed by atoms with Crippen LogP contribution in [0.4, 0.5) is 0 Å². The maximum absolute atomic E-state index is 6.30. The third-order valence-electron chi connectivity index (χ3n) is 4.59. The van der Waals surface area contributed by atoms with Crippen LogP contribution in [-0.2, 0) is 17.6 Å². The standard InChI is InChI=1S/C22H26O5/c1-5-12-26-13-8-10-16-19-17(14-15-9-6-7-11-18(15)27-19)21(24-3)22(25-4)20(16)23-2/h5-7,9,11-12H,8,10,13-14H2,1-4H3. The van der Waals surface area contributed by atoms with Crippen LogP contribution in [0.15, 0.2) is 36.6 Å². The molecular formula is C22H26O5. The zero-order valence-electron chi connectivity index (χ0n) is 16.3. The van der Waals surface area contributed by atoms with E-state index in [1.54, 1.807) is 27.6 Å². The summed E-state index contributed by atoms with van der Waals surface area (Å²) in [4.78, 5) is 0. The summed E-state index contributed by atoms with van der Waals surface area (Å²) < 4.78 is 28.8. The van der Waals surface area contributed by atoms with Gasteiger partial charge in [0.2, 0.25) is 5.75 Å². The molecule has 0 bridgehead atoms. The average molecular weight is 370 g/mol. The normalized spacial score (nSPS) is 12.1. The van der Waals surface area contributed by atoms with Gasteiger partial charge in [0.1, 0.15) is 11.5 Å². The molecule has 0 fully saturated rings. The summed E-state index contributed by atoms with van der Waals surface area (Å²) in [6, 6.07) is 8.05. The van der Waals surface area contributed by atoms with E-state index in [-0.39, 0.29) is 0 Å². The lowest BCUT2D eigenvalue weighted by Gasteiger charge is -2.27.